The highest BCUT2D eigenvalue weighted by Gasteiger charge is 2.15. The van der Waals surface area contributed by atoms with E-state index in [1.807, 2.05) is 19.1 Å². The smallest absolute Gasteiger partial charge is 0.280 e. The largest absolute Gasteiger partial charge is 0.504 e. The summed E-state index contributed by atoms with van der Waals surface area (Å²) < 4.78 is 11.4. The topological polar surface area (TPSA) is 80.2 Å². The van der Waals surface area contributed by atoms with E-state index < -0.39 is 6.10 Å². The van der Waals surface area contributed by atoms with Crippen LogP contribution in [0, 0.1) is 6.92 Å². The standard InChI is InChI=1S/C18H19BrN2O4/c1-11-4-7-16(14(19)8-11)25-12(2)18(23)21-20-10-13-5-6-15(22)17(9-13)24-3/h4-10,12,22H,1-3H3,(H,21,23)/b20-10+/t12-/m0/s1. The lowest BCUT2D eigenvalue weighted by atomic mass is 10.2. The second kappa shape index (κ2) is 8.53. The Balaban J connectivity index is 1.94. The number of aryl methyl sites for hydroxylation is 1. The van der Waals surface area contributed by atoms with Gasteiger partial charge in [0, 0.05) is 0 Å². The van der Waals surface area contributed by atoms with E-state index in [2.05, 4.69) is 26.5 Å². The Bertz CT molecular complexity index is 793. The predicted molar refractivity (Wildman–Crippen MR) is 99.4 cm³/mol. The number of benzene rings is 2. The number of aromatic hydroxyl groups is 1. The molecule has 0 aliphatic carbocycles. The third-order valence-electron chi connectivity index (χ3n) is 3.35. The monoisotopic (exact) mass is 406 g/mol. The van der Waals surface area contributed by atoms with Crippen LogP contribution in [0.4, 0.5) is 0 Å². The average molecular weight is 407 g/mol. The van der Waals surface area contributed by atoms with Crippen LogP contribution in [0.3, 0.4) is 0 Å². The van der Waals surface area contributed by atoms with Crippen LogP contribution in [0.5, 0.6) is 17.2 Å². The summed E-state index contributed by atoms with van der Waals surface area (Å²) in [6, 6.07) is 10.4. The Morgan fingerprint density at radius 3 is 2.72 bits per heavy atom. The molecular weight excluding hydrogens is 388 g/mol. The first-order valence-electron chi connectivity index (χ1n) is 7.53. The molecule has 0 aromatic heterocycles. The second-order valence-corrected chi connectivity index (χ2v) is 6.21. The molecule has 0 unspecified atom stereocenters. The highest BCUT2D eigenvalue weighted by Crippen LogP contribution is 2.27. The zero-order valence-corrected chi connectivity index (χ0v) is 15.7. The quantitative estimate of drug-likeness (QED) is 0.568. The number of nitrogens with one attached hydrogen (secondary N) is 1. The van der Waals surface area contributed by atoms with Crippen LogP contribution >= 0.6 is 15.9 Å². The maximum absolute atomic E-state index is 12.1. The summed E-state index contributed by atoms with van der Waals surface area (Å²) in [5.74, 6) is 0.570. The maximum Gasteiger partial charge on any atom is 0.280 e. The van der Waals surface area contributed by atoms with Gasteiger partial charge in [0.2, 0.25) is 0 Å². The van der Waals surface area contributed by atoms with Gasteiger partial charge < -0.3 is 14.6 Å². The molecule has 0 aliphatic heterocycles. The first-order valence-corrected chi connectivity index (χ1v) is 8.32. The second-order valence-electron chi connectivity index (χ2n) is 5.36. The highest BCUT2D eigenvalue weighted by atomic mass is 79.9. The van der Waals surface area contributed by atoms with Crippen LogP contribution < -0.4 is 14.9 Å². The van der Waals surface area contributed by atoms with Crippen LogP contribution in [-0.2, 0) is 4.79 Å². The Kier molecular flexibility index (Phi) is 6.41. The van der Waals surface area contributed by atoms with Crippen molar-refractivity contribution in [3.8, 4) is 17.2 Å². The minimum Gasteiger partial charge on any atom is -0.504 e. The van der Waals surface area contributed by atoms with Gasteiger partial charge in [0.1, 0.15) is 5.75 Å². The molecule has 2 aromatic carbocycles. The normalized spacial score (nSPS) is 12.0. The van der Waals surface area contributed by atoms with Gasteiger partial charge >= 0.3 is 0 Å². The van der Waals surface area contributed by atoms with Gasteiger partial charge in [0.25, 0.3) is 5.91 Å². The highest BCUT2D eigenvalue weighted by molar-refractivity contribution is 9.10. The predicted octanol–water partition coefficient (Wildman–Crippen LogP) is 3.39. The average Bonchev–Trinajstić information content (AvgIpc) is 2.58. The summed E-state index contributed by atoms with van der Waals surface area (Å²) in [5.41, 5.74) is 4.18. The van der Waals surface area contributed by atoms with E-state index in [0.29, 0.717) is 17.1 Å². The van der Waals surface area contributed by atoms with Crippen molar-refractivity contribution in [2.24, 2.45) is 5.10 Å². The van der Waals surface area contributed by atoms with Crippen molar-refractivity contribution in [3.05, 3.63) is 52.0 Å². The van der Waals surface area contributed by atoms with Gasteiger partial charge in [-0.15, -0.1) is 0 Å². The van der Waals surface area contributed by atoms with Crippen molar-refractivity contribution < 1.29 is 19.4 Å². The molecule has 25 heavy (non-hydrogen) atoms. The zero-order chi connectivity index (χ0) is 18.4. The van der Waals surface area contributed by atoms with E-state index in [1.54, 1.807) is 25.1 Å². The molecule has 0 bridgehead atoms. The van der Waals surface area contributed by atoms with Crippen LogP contribution in [-0.4, -0.2) is 30.4 Å². The number of hydrazone groups is 1. The SMILES string of the molecule is COc1cc(/C=N/NC(=O)[C@H](C)Oc2ccc(C)cc2Br)ccc1O. The first kappa shape index (κ1) is 18.8. The molecule has 0 fully saturated rings. The minimum absolute atomic E-state index is 0.0365. The number of ether oxygens (including phenoxy) is 2. The molecule has 2 rings (SSSR count). The molecule has 2 aromatic rings. The Hall–Kier alpha value is -2.54. The van der Waals surface area contributed by atoms with Crippen molar-refractivity contribution in [1.29, 1.82) is 0 Å². The number of hydrogen-bond acceptors (Lipinski definition) is 5. The van der Waals surface area contributed by atoms with E-state index in [9.17, 15) is 9.90 Å². The van der Waals surface area contributed by atoms with Gasteiger partial charge in [0.05, 0.1) is 17.8 Å². The Labute approximate surface area is 154 Å². The van der Waals surface area contributed by atoms with E-state index >= 15 is 0 Å². The number of methoxy groups -OCH3 is 1. The van der Waals surface area contributed by atoms with Gasteiger partial charge in [-0.1, -0.05) is 6.07 Å². The van der Waals surface area contributed by atoms with Crippen molar-refractivity contribution in [1.82, 2.24) is 5.43 Å². The van der Waals surface area contributed by atoms with Gasteiger partial charge in [-0.3, -0.25) is 4.79 Å². The lowest BCUT2D eigenvalue weighted by Gasteiger charge is -2.14. The molecular formula is C18H19BrN2O4. The molecule has 0 radical (unpaired) electrons. The van der Waals surface area contributed by atoms with Gasteiger partial charge in [-0.2, -0.15) is 5.10 Å². The summed E-state index contributed by atoms with van der Waals surface area (Å²) in [6.45, 7) is 3.61. The number of amides is 1. The number of phenolic OH excluding ortho intramolecular Hbond substituents is 1. The number of carbonyl (C=O) groups excluding carboxylic acids is 1. The van der Waals surface area contributed by atoms with Crippen molar-refractivity contribution in [2.75, 3.05) is 7.11 Å². The van der Waals surface area contributed by atoms with E-state index in [1.165, 1.54) is 19.4 Å². The lowest BCUT2D eigenvalue weighted by molar-refractivity contribution is -0.127. The molecule has 0 saturated carbocycles. The molecule has 6 nitrogen and oxygen atoms in total. The van der Waals surface area contributed by atoms with E-state index in [-0.39, 0.29) is 11.7 Å². The van der Waals surface area contributed by atoms with E-state index in [4.69, 9.17) is 9.47 Å². The fraction of sp³-hybridized carbons (Fsp3) is 0.222. The number of phenols is 1. The van der Waals surface area contributed by atoms with Crippen LogP contribution in [0.2, 0.25) is 0 Å². The van der Waals surface area contributed by atoms with Crippen molar-refractivity contribution in [2.45, 2.75) is 20.0 Å². The zero-order valence-electron chi connectivity index (χ0n) is 14.1. The molecule has 0 saturated heterocycles. The number of hydrogen-bond donors (Lipinski definition) is 2. The van der Waals surface area contributed by atoms with E-state index in [0.717, 1.165) is 10.0 Å². The Morgan fingerprint density at radius 2 is 2.04 bits per heavy atom. The summed E-state index contributed by atoms with van der Waals surface area (Å²) in [6.07, 6.45) is 0.736. The maximum atomic E-state index is 12.1. The number of nitrogens with zero attached hydrogens (tertiary/aromatic N) is 1. The van der Waals surface area contributed by atoms with Gasteiger partial charge in [-0.05, 0) is 71.2 Å². The number of rotatable bonds is 6. The van der Waals surface area contributed by atoms with Crippen molar-refractivity contribution >= 4 is 28.1 Å². The molecule has 0 heterocycles. The summed E-state index contributed by atoms with van der Waals surface area (Å²) in [4.78, 5) is 12.1. The lowest BCUT2D eigenvalue weighted by Crippen LogP contribution is -2.33. The number of carbonyl (C=O) groups is 1. The molecule has 0 aliphatic rings. The molecule has 1 amide bonds. The van der Waals surface area contributed by atoms with Crippen LogP contribution in [0.25, 0.3) is 0 Å². The summed E-state index contributed by atoms with van der Waals surface area (Å²) in [5, 5.41) is 13.4. The third-order valence-corrected chi connectivity index (χ3v) is 3.97. The van der Waals surface area contributed by atoms with Gasteiger partial charge in [-0.25, -0.2) is 5.43 Å². The summed E-state index contributed by atoms with van der Waals surface area (Å²) in [7, 11) is 1.46. The summed E-state index contributed by atoms with van der Waals surface area (Å²) >= 11 is 3.41. The van der Waals surface area contributed by atoms with Crippen LogP contribution in [0.15, 0.2) is 46.0 Å². The van der Waals surface area contributed by atoms with Crippen molar-refractivity contribution in [3.63, 3.8) is 0 Å². The molecule has 1 atom stereocenters. The van der Waals surface area contributed by atoms with Crippen LogP contribution in [0.1, 0.15) is 18.1 Å². The molecule has 2 N–H and O–H groups in total. The fourth-order valence-electron chi connectivity index (χ4n) is 1.98. The molecule has 132 valence electrons. The Morgan fingerprint density at radius 1 is 1.28 bits per heavy atom. The number of halogens is 1. The first-order chi connectivity index (χ1) is 11.9. The van der Waals surface area contributed by atoms with Gasteiger partial charge in [0.15, 0.2) is 17.6 Å². The third kappa shape index (κ3) is 5.22. The molecule has 0 spiro atoms. The minimum atomic E-state index is -0.717. The molecule has 7 heteroatoms. The fourth-order valence-corrected chi connectivity index (χ4v) is 2.57.